The van der Waals surface area contributed by atoms with Crippen molar-refractivity contribution in [3.8, 4) is 5.75 Å². The summed E-state index contributed by atoms with van der Waals surface area (Å²) >= 11 is 0. The maximum Gasteiger partial charge on any atom is 0.332 e. The summed E-state index contributed by atoms with van der Waals surface area (Å²) in [6, 6.07) is 5.37. The first-order chi connectivity index (χ1) is 9.90. The van der Waals surface area contributed by atoms with Gasteiger partial charge in [0.15, 0.2) is 12.7 Å². The molecule has 0 aliphatic heterocycles. The van der Waals surface area contributed by atoms with E-state index in [9.17, 15) is 19.7 Å². The fourth-order valence-corrected chi connectivity index (χ4v) is 1.36. The number of nitro groups is 1. The van der Waals surface area contributed by atoms with Gasteiger partial charge in [0.25, 0.3) is 11.6 Å². The number of non-ortho nitro benzene ring substituents is 1. The molecule has 21 heavy (non-hydrogen) atoms. The first-order valence-corrected chi connectivity index (χ1v) is 5.95. The lowest BCUT2D eigenvalue weighted by atomic mass is 10.2. The highest BCUT2D eigenvalue weighted by atomic mass is 16.6. The Morgan fingerprint density at radius 2 is 2.14 bits per heavy atom. The molecule has 1 atom stereocenters. The van der Waals surface area contributed by atoms with E-state index in [2.05, 4.69) is 5.32 Å². The maximum absolute atomic E-state index is 11.4. The molecular weight excluding hydrogens is 284 g/mol. The number of aliphatic carboxylic acids is 1. The molecule has 1 rings (SSSR count). The number of aliphatic hydroxyl groups is 1. The Labute approximate surface area is 119 Å². The van der Waals surface area contributed by atoms with E-state index in [-0.39, 0.29) is 31.0 Å². The van der Waals surface area contributed by atoms with Gasteiger partial charge in [0, 0.05) is 19.0 Å². The molecule has 0 heterocycles. The number of carbonyl (C=O) groups is 2. The van der Waals surface area contributed by atoms with Crippen molar-refractivity contribution in [2.75, 3.05) is 13.2 Å². The Balaban J connectivity index is 2.34. The molecule has 9 nitrogen and oxygen atoms in total. The number of amides is 1. The number of nitrogens with zero attached hydrogens (tertiary/aromatic N) is 1. The molecule has 0 saturated heterocycles. The number of carboxylic acids is 1. The second kappa shape index (κ2) is 7.80. The summed E-state index contributed by atoms with van der Waals surface area (Å²) in [4.78, 5) is 31.7. The molecule has 0 aliphatic rings. The second-order valence-corrected chi connectivity index (χ2v) is 4.04. The summed E-state index contributed by atoms with van der Waals surface area (Å²) in [5.74, 6) is -1.72. The number of rotatable bonds is 8. The molecule has 114 valence electrons. The summed E-state index contributed by atoms with van der Waals surface area (Å²) < 4.78 is 5.07. The summed E-state index contributed by atoms with van der Waals surface area (Å²) in [7, 11) is 0. The Kier molecular flexibility index (Phi) is 6.08. The molecule has 9 heteroatoms. The molecule has 0 radical (unpaired) electrons. The molecule has 0 bridgehead atoms. The van der Waals surface area contributed by atoms with E-state index < -0.39 is 22.9 Å². The van der Waals surface area contributed by atoms with E-state index in [1.165, 1.54) is 24.3 Å². The zero-order valence-corrected chi connectivity index (χ0v) is 10.9. The van der Waals surface area contributed by atoms with Gasteiger partial charge in [0.1, 0.15) is 5.75 Å². The fourth-order valence-electron chi connectivity index (χ4n) is 1.36. The normalized spacial score (nSPS) is 11.5. The molecule has 0 spiro atoms. The van der Waals surface area contributed by atoms with Gasteiger partial charge in [-0.15, -0.1) is 0 Å². The lowest BCUT2D eigenvalue weighted by molar-refractivity contribution is -0.384. The van der Waals surface area contributed by atoms with E-state index in [1.807, 2.05) is 0 Å². The predicted octanol–water partition coefficient (Wildman–Crippen LogP) is -0.0746. The minimum absolute atomic E-state index is 0.0232. The van der Waals surface area contributed by atoms with Crippen molar-refractivity contribution in [2.45, 2.75) is 12.5 Å². The molecule has 0 unspecified atom stereocenters. The summed E-state index contributed by atoms with van der Waals surface area (Å²) in [6.45, 7) is -0.394. The predicted molar refractivity (Wildman–Crippen MR) is 69.9 cm³/mol. The van der Waals surface area contributed by atoms with Crippen LogP contribution in [0.5, 0.6) is 5.75 Å². The third-order valence-electron chi connectivity index (χ3n) is 2.42. The van der Waals surface area contributed by atoms with Crippen molar-refractivity contribution in [1.29, 1.82) is 0 Å². The maximum atomic E-state index is 11.4. The lowest BCUT2D eigenvalue weighted by Gasteiger charge is -2.08. The Morgan fingerprint density at radius 3 is 2.76 bits per heavy atom. The first-order valence-electron chi connectivity index (χ1n) is 5.95. The molecular formula is C12H14N2O7. The lowest BCUT2D eigenvalue weighted by Crippen LogP contribution is -2.33. The van der Waals surface area contributed by atoms with Crippen LogP contribution in [0.2, 0.25) is 0 Å². The van der Waals surface area contributed by atoms with Gasteiger partial charge in [0.2, 0.25) is 0 Å². The average Bonchev–Trinajstić information content (AvgIpc) is 2.45. The smallest absolute Gasteiger partial charge is 0.332 e. The van der Waals surface area contributed by atoms with Crippen LogP contribution >= 0.6 is 0 Å². The SMILES string of the molecule is O=C(COc1cccc([N+](=O)[O-])c1)NCC[C@H](O)C(=O)O. The standard InChI is InChI=1S/C12H14N2O7/c15-10(12(17)18)4-5-13-11(16)7-21-9-3-1-2-8(6-9)14(19)20/h1-3,6,10,15H,4-5,7H2,(H,13,16)(H,17,18)/t10-/m0/s1. The molecule has 0 aliphatic carbocycles. The minimum Gasteiger partial charge on any atom is -0.484 e. The Morgan fingerprint density at radius 1 is 1.43 bits per heavy atom. The molecule has 1 aromatic carbocycles. The second-order valence-electron chi connectivity index (χ2n) is 4.04. The van der Waals surface area contributed by atoms with Crippen molar-refractivity contribution in [3.63, 3.8) is 0 Å². The highest BCUT2D eigenvalue weighted by molar-refractivity contribution is 5.77. The van der Waals surface area contributed by atoms with Crippen LogP contribution in [0, 0.1) is 10.1 Å². The number of nitrogens with one attached hydrogen (secondary N) is 1. The molecule has 1 amide bonds. The van der Waals surface area contributed by atoms with Gasteiger partial charge in [0.05, 0.1) is 11.0 Å². The Bertz CT molecular complexity index is 532. The number of nitro benzene ring substituents is 1. The van der Waals surface area contributed by atoms with Crippen LogP contribution in [0.25, 0.3) is 0 Å². The fraction of sp³-hybridized carbons (Fsp3) is 0.333. The van der Waals surface area contributed by atoms with Crippen LogP contribution in [0.3, 0.4) is 0 Å². The van der Waals surface area contributed by atoms with Gasteiger partial charge in [-0.25, -0.2) is 4.79 Å². The number of ether oxygens (including phenoxy) is 1. The van der Waals surface area contributed by atoms with Gasteiger partial charge < -0.3 is 20.3 Å². The third kappa shape index (κ3) is 5.87. The van der Waals surface area contributed by atoms with Crippen molar-refractivity contribution >= 4 is 17.6 Å². The zero-order valence-electron chi connectivity index (χ0n) is 10.9. The van der Waals surface area contributed by atoms with Crippen molar-refractivity contribution in [3.05, 3.63) is 34.4 Å². The number of carboxylic acid groups (broad SMARTS) is 1. The van der Waals surface area contributed by atoms with Gasteiger partial charge in [-0.05, 0) is 6.07 Å². The topological polar surface area (TPSA) is 139 Å². The van der Waals surface area contributed by atoms with Crippen LogP contribution in [-0.2, 0) is 9.59 Å². The van der Waals surface area contributed by atoms with Crippen LogP contribution < -0.4 is 10.1 Å². The number of benzene rings is 1. The summed E-state index contributed by atoms with van der Waals surface area (Å²) in [5, 5.41) is 30.3. The number of carbonyl (C=O) groups excluding carboxylic acids is 1. The highest BCUT2D eigenvalue weighted by Crippen LogP contribution is 2.18. The number of hydrogen-bond acceptors (Lipinski definition) is 6. The van der Waals surface area contributed by atoms with E-state index in [0.29, 0.717) is 0 Å². The van der Waals surface area contributed by atoms with Gasteiger partial charge in [-0.3, -0.25) is 14.9 Å². The molecule has 0 aromatic heterocycles. The molecule has 1 aromatic rings. The van der Waals surface area contributed by atoms with Gasteiger partial charge in [-0.2, -0.15) is 0 Å². The zero-order chi connectivity index (χ0) is 15.8. The monoisotopic (exact) mass is 298 g/mol. The first kappa shape index (κ1) is 16.4. The molecule has 0 saturated carbocycles. The van der Waals surface area contributed by atoms with E-state index in [1.54, 1.807) is 0 Å². The van der Waals surface area contributed by atoms with E-state index in [4.69, 9.17) is 14.9 Å². The largest absolute Gasteiger partial charge is 0.484 e. The molecule has 3 N–H and O–H groups in total. The van der Waals surface area contributed by atoms with Crippen LogP contribution in [0.15, 0.2) is 24.3 Å². The highest BCUT2D eigenvalue weighted by Gasteiger charge is 2.13. The van der Waals surface area contributed by atoms with Crippen LogP contribution in [0.4, 0.5) is 5.69 Å². The van der Waals surface area contributed by atoms with Crippen molar-refractivity contribution < 1.29 is 29.5 Å². The van der Waals surface area contributed by atoms with Crippen LogP contribution in [-0.4, -0.2) is 46.3 Å². The van der Waals surface area contributed by atoms with E-state index in [0.717, 1.165) is 0 Å². The minimum atomic E-state index is -1.54. The number of hydrogen-bond donors (Lipinski definition) is 3. The van der Waals surface area contributed by atoms with Gasteiger partial charge >= 0.3 is 5.97 Å². The number of aliphatic hydroxyl groups excluding tert-OH is 1. The van der Waals surface area contributed by atoms with Crippen molar-refractivity contribution in [2.24, 2.45) is 0 Å². The van der Waals surface area contributed by atoms with Gasteiger partial charge in [-0.1, -0.05) is 6.07 Å². The summed E-state index contributed by atoms with van der Waals surface area (Å²) in [6.07, 6.45) is -1.67. The molecule has 0 fully saturated rings. The van der Waals surface area contributed by atoms with E-state index >= 15 is 0 Å². The van der Waals surface area contributed by atoms with Crippen molar-refractivity contribution in [1.82, 2.24) is 5.32 Å². The Hall–Kier alpha value is -2.68. The van der Waals surface area contributed by atoms with Crippen LogP contribution in [0.1, 0.15) is 6.42 Å². The third-order valence-corrected chi connectivity index (χ3v) is 2.42. The summed E-state index contributed by atoms with van der Waals surface area (Å²) in [5.41, 5.74) is -0.155. The quantitative estimate of drug-likeness (QED) is 0.450. The average molecular weight is 298 g/mol.